The van der Waals surface area contributed by atoms with Crippen LogP contribution in [0.5, 0.6) is 0 Å². The number of hydrogen-bond acceptors (Lipinski definition) is 2. The van der Waals surface area contributed by atoms with Crippen LogP contribution in [-0.4, -0.2) is 17.3 Å². The quantitative estimate of drug-likeness (QED) is 0.555. The van der Waals surface area contributed by atoms with Crippen LogP contribution in [0.1, 0.15) is 12.8 Å². The molecule has 5 heteroatoms. The van der Waals surface area contributed by atoms with E-state index < -0.39 is 23.0 Å². The number of aliphatic hydroxyl groups is 1. The summed E-state index contributed by atoms with van der Waals surface area (Å²) in [7, 11) is 0. The fraction of sp³-hybridized carbons (Fsp3) is 0.571. The molecule has 1 fully saturated rings. The van der Waals surface area contributed by atoms with Crippen molar-refractivity contribution in [1.82, 2.24) is 0 Å². The third-order valence-corrected chi connectivity index (χ3v) is 1.98. The molecule has 0 aliphatic heterocycles. The Kier molecular flexibility index (Phi) is 2.67. The third-order valence-electron chi connectivity index (χ3n) is 1.60. The number of ketones is 1. The summed E-state index contributed by atoms with van der Waals surface area (Å²) in [5, 5.41) is 7.90. The molecule has 1 aliphatic carbocycles. The molecule has 2 nitrogen and oxygen atoms in total. The van der Waals surface area contributed by atoms with Crippen molar-refractivity contribution in [2.24, 2.45) is 5.92 Å². The lowest BCUT2D eigenvalue weighted by Crippen LogP contribution is -2.07. The number of rotatable bonds is 3. The second-order valence-electron chi connectivity index (χ2n) is 2.64. The smallest absolute Gasteiger partial charge is 0.296 e. The number of hydrogen-bond donors (Lipinski definition) is 1. The van der Waals surface area contributed by atoms with E-state index in [-0.39, 0.29) is 5.92 Å². The van der Waals surface area contributed by atoms with Gasteiger partial charge in [0, 0.05) is 5.92 Å². The van der Waals surface area contributed by atoms with Crippen LogP contribution in [-0.2, 0) is 4.79 Å². The molecule has 0 aromatic rings. The van der Waals surface area contributed by atoms with Crippen LogP contribution in [0.25, 0.3) is 0 Å². The average Bonchev–Trinajstić information content (AvgIpc) is 2.82. The zero-order valence-corrected chi connectivity index (χ0v) is 6.81. The molecular formula is C7H7ClF2O2. The molecule has 1 N–H and O–H groups in total. The highest BCUT2D eigenvalue weighted by Crippen LogP contribution is 2.34. The molecule has 0 unspecified atom stereocenters. The Morgan fingerprint density at radius 1 is 1.50 bits per heavy atom. The zero-order chi connectivity index (χ0) is 9.30. The predicted molar refractivity (Wildman–Crippen MR) is 39.2 cm³/mol. The number of alkyl halides is 2. The van der Waals surface area contributed by atoms with Crippen molar-refractivity contribution in [2.75, 3.05) is 0 Å². The Morgan fingerprint density at radius 3 is 2.33 bits per heavy atom. The van der Waals surface area contributed by atoms with E-state index in [1.165, 1.54) is 0 Å². The van der Waals surface area contributed by atoms with Crippen LogP contribution in [0.4, 0.5) is 8.78 Å². The molecule has 0 spiro atoms. The van der Waals surface area contributed by atoms with E-state index >= 15 is 0 Å². The highest BCUT2D eigenvalue weighted by atomic mass is 35.5. The van der Waals surface area contributed by atoms with Gasteiger partial charge in [-0.2, -0.15) is 0 Å². The topological polar surface area (TPSA) is 37.3 Å². The average molecular weight is 197 g/mol. The number of carbonyl (C=O) groups excluding carboxylic acids is 1. The van der Waals surface area contributed by atoms with E-state index in [0.717, 1.165) is 0 Å². The zero-order valence-electron chi connectivity index (χ0n) is 6.06. The minimum atomic E-state index is -3.07. The molecule has 0 atom stereocenters. The Hall–Kier alpha value is -0.640. The van der Waals surface area contributed by atoms with Gasteiger partial charge < -0.3 is 5.11 Å². The molecule has 0 heterocycles. The molecule has 0 aromatic heterocycles. The molecular weight excluding hydrogens is 190 g/mol. The maximum Gasteiger partial charge on any atom is 0.296 e. The SMILES string of the molecule is O=C(C(Cl)=C(O)C(F)F)C1CC1. The standard InChI is InChI=1S/C7H7ClF2O2/c8-4(6(12)7(9)10)5(11)3-1-2-3/h3,7,12H,1-2H2. The summed E-state index contributed by atoms with van der Waals surface area (Å²) in [4.78, 5) is 11.0. The van der Waals surface area contributed by atoms with Gasteiger partial charge in [0.05, 0.1) is 0 Å². The van der Waals surface area contributed by atoms with Gasteiger partial charge in [0.2, 0.25) is 0 Å². The minimum Gasteiger partial charge on any atom is -0.505 e. The van der Waals surface area contributed by atoms with Crippen molar-refractivity contribution in [3.8, 4) is 0 Å². The first-order valence-corrected chi connectivity index (χ1v) is 3.82. The molecule has 0 bridgehead atoms. The second-order valence-corrected chi connectivity index (χ2v) is 3.02. The summed E-state index contributed by atoms with van der Waals surface area (Å²) in [6, 6.07) is 0. The Bertz CT molecular complexity index is 234. The summed E-state index contributed by atoms with van der Waals surface area (Å²) >= 11 is 5.21. The summed E-state index contributed by atoms with van der Waals surface area (Å²) in [5.41, 5.74) is 0. The molecule has 0 radical (unpaired) electrons. The lowest BCUT2D eigenvalue weighted by molar-refractivity contribution is -0.116. The lowest BCUT2D eigenvalue weighted by Gasteiger charge is -2.00. The van der Waals surface area contributed by atoms with Gasteiger partial charge in [-0.15, -0.1) is 0 Å². The Balaban J connectivity index is 2.71. The van der Waals surface area contributed by atoms with Crippen molar-refractivity contribution in [2.45, 2.75) is 19.3 Å². The Morgan fingerprint density at radius 2 is 2.00 bits per heavy atom. The van der Waals surface area contributed by atoms with Crippen LogP contribution in [0.15, 0.2) is 10.8 Å². The summed E-state index contributed by atoms with van der Waals surface area (Å²) < 4.78 is 23.6. The number of Topliss-reactive ketones (excluding diaryl/α,β-unsaturated/α-hetero) is 1. The molecule has 0 amide bonds. The number of halogens is 3. The van der Waals surface area contributed by atoms with Crippen LogP contribution in [0.2, 0.25) is 0 Å². The van der Waals surface area contributed by atoms with E-state index in [4.69, 9.17) is 16.7 Å². The lowest BCUT2D eigenvalue weighted by atomic mass is 10.2. The molecule has 0 saturated heterocycles. The van der Waals surface area contributed by atoms with E-state index in [1.54, 1.807) is 0 Å². The number of carbonyl (C=O) groups is 1. The van der Waals surface area contributed by atoms with E-state index in [1.807, 2.05) is 0 Å². The van der Waals surface area contributed by atoms with Gasteiger partial charge in [0.25, 0.3) is 6.43 Å². The fourth-order valence-corrected chi connectivity index (χ4v) is 0.984. The monoisotopic (exact) mass is 196 g/mol. The number of aliphatic hydroxyl groups excluding tert-OH is 1. The van der Waals surface area contributed by atoms with Crippen molar-refractivity contribution in [3.63, 3.8) is 0 Å². The van der Waals surface area contributed by atoms with Gasteiger partial charge in [-0.3, -0.25) is 4.79 Å². The highest BCUT2D eigenvalue weighted by Gasteiger charge is 2.34. The van der Waals surface area contributed by atoms with Gasteiger partial charge in [0.15, 0.2) is 11.5 Å². The van der Waals surface area contributed by atoms with Gasteiger partial charge in [-0.1, -0.05) is 11.6 Å². The van der Waals surface area contributed by atoms with E-state index in [9.17, 15) is 13.6 Å². The van der Waals surface area contributed by atoms with Crippen LogP contribution in [0, 0.1) is 5.92 Å². The first kappa shape index (κ1) is 9.45. The van der Waals surface area contributed by atoms with Crippen molar-refractivity contribution >= 4 is 17.4 Å². The summed E-state index contributed by atoms with van der Waals surface area (Å²) in [6.07, 6.45) is -1.72. The predicted octanol–water partition coefficient (Wildman–Crippen LogP) is 2.24. The fourth-order valence-electron chi connectivity index (χ4n) is 0.747. The molecule has 1 saturated carbocycles. The number of allylic oxidation sites excluding steroid dienone is 2. The second kappa shape index (κ2) is 3.39. The third kappa shape index (κ3) is 1.94. The van der Waals surface area contributed by atoms with E-state index in [2.05, 4.69) is 0 Å². The van der Waals surface area contributed by atoms with Gasteiger partial charge in [0.1, 0.15) is 5.03 Å². The van der Waals surface area contributed by atoms with Crippen molar-refractivity contribution < 1.29 is 18.7 Å². The van der Waals surface area contributed by atoms with Gasteiger partial charge >= 0.3 is 0 Å². The molecule has 1 aliphatic rings. The van der Waals surface area contributed by atoms with Crippen LogP contribution >= 0.6 is 11.6 Å². The maximum absolute atomic E-state index is 11.8. The normalized spacial score (nSPS) is 19.3. The van der Waals surface area contributed by atoms with Crippen LogP contribution in [0.3, 0.4) is 0 Å². The van der Waals surface area contributed by atoms with E-state index in [0.29, 0.717) is 12.8 Å². The maximum atomic E-state index is 11.8. The van der Waals surface area contributed by atoms with Gasteiger partial charge in [-0.25, -0.2) is 8.78 Å². The van der Waals surface area contributed by atoms with Crippen LogP contribution < -0.4 is 0 Å². The molecule has 12 heavy (non-hydrogen) atoms. The molecule has 68 valence electrons. The molecule has 1 rings (SSSR count). The highest BCUT2D eigenvalue weighted by molar-refractivity contribution is 6.43. The molecule has 0 aromatic carbocycles. The first-order valence-electron chi connectivity index (χ1n) is 3.45. The van der Waals surface area contributed by atoms with Crippen molar-refractivity contribution in [3.05, 3.63) is 10.8 Å². The Labute approximate surface area is 72.8 Å². The van der Waals surface area contributed by atoms with Crippen molar-refractivity contribution in [1.29, 1.82) is 0 Å². The van der Waals surface area contributed by atoms with Gasteiger partial charge in [-0.05, 0) is 12.8 Å². The summed E-state index contributed by atoms with van der Waals surface area (Å²) in [5.74, 6) is -2.14. The first-order chi connectivity index (χ1) is 5.54. The largest absolute Gasteiger partial charge is 0.505 e. The minimum absolute atomic E-state index is 0.251. The summed E-state index contributed by atoms with van der Waals surface area (Å²) in [6.45, 7) is 0.